The molecule has 28 heavy (non-hydrogen) atoms. The monoisotopic (exact) mass is 369 g/mol. The first-order chi connectivity index (χ1) is 13.8. The molecule has 0 bridgehead atoms. The van der Waals surface area contributed by atoms with Crippen LogP contribution >= 0.6 is 0 Å². The summed E-state index contributed by atoms with van der Waals surface area (Å²) in [7, 11) is 0. The molecule has 1 aliphatic rings. The molecule has 1 aliphatic heterocycles. The number of H-pyrrole nitrogens is 1. The maximum absolute atomic E-state index is 5.55. The fraction of sp³-hybridized carbons (Fsp3) is 0.136. The van der Waals surface area contributed by atoms with Gasteiger partial charge in [0.25, 0.3) is 0 Å². The van der Waals surface area contributed by atoms with Crippen molar-refractivity contribution >= 4 is 27.9 Å². The highest BCUT2D eigenvalue weighted by molar-refractivity contribution is 5.86. The van der Waals surface area contributed by atoms with E-state index in [0.717, 1.165) is 46.8 Å². The molecule has 2 N–H and O–H groups in total. The highest BCUT2D eigenvalue weighted by Crippen LogP contribution is 2.30. The molecule has 0 radical (unpaired) electrons. The largest absolute Gasteiger partial charge is 0.373 e. The number of rotatable bonds is 3. The fourth-order valence-corrected chi connectivity index (χ4v) is 3.96. The van der Waals surface area contributed by atoms with Crippen molar-refractivity contribution in [3.63, 3.8) is 0 Å². The summed E-state index contributed by atoms with van der Waals surface area (Å²) < 4.78 is 9.87. The van der Waals surface area contributed by atoms with Crippen LogP contribution in [0.5, 0.6) is 0 Å². The number of imidazole rings is 1. The minimum absolute atomic E-state index is 0.663. The van der Waals surface area contributed by atoms with E-state index in [-0.39, 0.29) is 0 Å². The van der Waals surface area contributed by atoms with Gasteiger partial charge in [0.1, 0.15) is 0 Å². The van der Waals surface area contributed by atoms with E-state index in [0.29, 0.717) is 6.61 Å². The number of benzene rings is 1. The summed E-state index contributed by atoms with van der Waals surface area (Å²) in [5, 5.41) is 4.78. The van der Waals surface area contributed by atoms with Gasteiger partial charge in [0.05, 0.1) is 24.6 Å². The number of nitrogens with zero attached hydrogens (tertiary/aromatic N) is 3. The van der Waals surface area contributed by atoms with E-state index >= 15 is 0 Å². The summed E-state index contributed by atoms with van der Waals surface area (Å²) in [5.74, 6) is 0. The smallest absolute Gasteiger partial charge is 0.160 e. The Kier molecular flexibility index (Phi) is 3.33. The normalized spacial score (nSPS) is 13.9. The lowest BCUT2D eigenvalue weighted by Crippen LogP contribution is -2.14. The Labute approximate surface area is 161 Å². The van der Waals surface area contributed by atoms with E-state index in [1.54, 1.807) is 0 Å². The lowest BCUT2D eigenvalue weighted by molar-refractivity contribution is 0.0850. The number of aromatic amines is 1. The number of hydrogen-bond donors (Lipinski definition) is 2. The van der Waals surface area contributed by atoms with E-state index < -0.39 is 0 Å². The number of fused-ring (bicyclic) bond motifs is 3. The fourth-order valence-electron chi connectivity index (χ4n) is 3.96. The zero-order chi connectivity index (χ0) is 18.5. The molecule has 0 aliphatic carbocycles. The van der Waals surface area contributed by atoms with Crippen LogP contribution in [0, 0.1) is 0 Å². The molecule has 138 valence electrons. The SMILES string of the molecule is c1cn2cc(-c3ccc4cc[nH]c4c3)cc(Nc3cc4n(c3)CCOC4)c2n1. The molecule has 6 nitrogen and oxygen atoms in total. The van der Waals surface area contributed by atoms with Gasteiger partial charge in [0.2, 0.25) is 0 Å². The molecule has 0 saturated carbocycles. The van der Waals surface area contributed by atoms with Crippen molar-refractivity contribution in [2.75, 3.05) is 11.9 Å². The Morgan fingerprint density at radius 1 is 1.07 bits per heavy atom. The van der Waals surface area contributed by atoms with Gasteiger partial charge >= 0.3 is 0 Å². The van der Waals surface area contributed by atoms with Crippen molar-refractivity contribution in [1.82, 2.24) is 18.9 Å². The minimum atomic E-state index is 0.663. The molecule has 0 spiro atoms. The molecular weight excluding hydrogens is 350 g/mol. The third-order valence-corrected chi connectivity index (χ3v) is 5.37. The Balaban J connectivity index is 1.44. The molecule has 0 fully saturated rings. The lowest BCUT2D eigenvalue weighted by Gasteiger charge is -2.14. The van der Waals surface area contributed by atoms with Gasteiger partial charge in [-0.05, 0) is 35.2 Å². The van der Waals surface area contributed by atoms with Gasteiger partial charge in [-0.25, -0.2) is 4.98 Å². The predicted octanol–water partition coefficient (Wildman–Crippen LogP) is 4.56. The molecule has 5 heterocycles. The second-order valence-electron chi connectivity index (χ2n) is 7.17. The van der Waals surface area contributed by atoms with E-state index in [1.807, 2.05) is 18.6 Å². The summed E-state index contributed by atoms with van der Waals surface area (Å²) >= 11 is 0. The molecule has 0 amide bonds. The van der Waals surface area contributed by atoms with Crippen molar-refractivity contribution in [2.24, 2.45) is 0 Å². The summed E-state index contributed by atoms with van der Waals surface area (Å²) in [6.07, 6.45) is 10.1. The zero-order valence-corrected chi connectivity index (χ0v) is 15.2. The van der Waals surface area contributed by atoms with Crippen LogP contribution in [0.25, 0.3) is 27.7 Å². The van der Waals surface area contributed by atoms with E-state index in [9.17, 15) is 0 Å². The van der Waals surface area contributed by atoms with Crippen molar-refractivity contribution in [3.05, 3.63) is 73.1 Å². The number of hydrogen-bond acceptors (Lipinski definition) is 3. The van der Waals surface area contributed by atoms with Gasteiger partial charge in [0, 0.05) is 54.3 Å². The number of nitrogens with one attached hydrogen (secondary N) is 2. The predicted molar refractivity (Wildman–Crippen MR) is 110 cm³/mol. The second-order valence-corrected chi connectivity index (χ2v) is 7.17. The Morgan fingerprint density at radius 2 is 2.07 bits per heavy atom. The summed E-state index contributed by atoms with van der Waals surface area (Å²) in [6.45, 7) is 2.32. The first kappa shape index (κ1) is 15.5. The third kappa shape index (κ3) is 2.50. The molecule has 6 rings (SSSR count). The molecule has 0 unspecified atom stereocenters. The molecule has 1 aromatic carbocycles. The Morgan fingerprint density at radius 3 is 3.04 bits per heavy atom. The molecule has 6 heteroatoms. The molecule has 4 aromatic heterocycles. The number of pyridine rings is 1. The summed E-state index contributed by atoms with van der Waals surface area (Å²) in [4.78, 5) is 7.83. The summed E-state index contributed by atoms with van der Waals surface area (Å²) in [6, 6.07) is 12.9. The topological polar surface area (TPSA) is 59.3 Å². The van der Waals surface area contributed by atoms with Crippen LogP contribution in [0.15, 0.2) is 67.4 Å². The zero-order valence-electron chi connectivity index (χ0n) is 15.2. The second kappa shape index (κ2) is 6.00. The van der Waals surface area contributed by atoms with Gasteiger partial charge < -0.3 is 24.0 Å². The van der Waals surface area contributed by atoms with Crippen LogP contribution in [0.3, 0.4) is 0 Å². The maximum Gasteiger partial charge on any atom is 0.160 e. The van der Waals surface area contributed by atoms with Gasteiger partial charge in [-0.15, -0.1) is 0 Å². The van der Waals surface area contributed by atoms with Crippen molar-refractivity contribution < 1.29 is 4.74 Å². The van der Waals surface area contributed by atoms with Crippen LogP contribution in [0.2, 0.25) is 0 Å². The molecule has 0 atom stereocenters. The lowest BCUT2D eigenvalue weighted by atomic mass is 10.1. The number of anilines is 2. The molecule has 0 saturated heterocycles. The van der Waals surface area contributed by atoms with E-state index in [4.69, 9.17) is 4.74 Å². The highest BCUT2D eigenvalue weighted by Gasteiger charge is 2.13. The third-order valence-electron chi connectivity index (χ3n) is 5.37. The van der Waals surface area contributed by atoms with Gasteiger partial charge in [0.15, 0.2) is 5.65 Å². The molecule has 5 aromatic rings. The average molecular weight is 369 g/mol. The summed E-state index contributed by atoms with van der Waals surface area (Å²) in [5.41, 5.74) is 7.58. The number of ether oxygens (including phenoxy) is 1. The standard InChI is InChI=1S/C22H19N5O/c1-2-16(9-20-15(1)3-4-23-20)17-10-21(22-24-5-6-27(22)12-17)25-18-11-19-14-28-8-7-26(19)13-18/h1-6,9-13,23,25H,7-8,14H2. The van der Waals surface area contributed by atoms with Gasteiger partial charge in [-0.2, -0.15) is 0 Å². The Hall–Kier alpha value is -3.51. The van der Waals surface area contributed by atoms with Crippen LogP contribution in [0.1, 0.15) is 5.69 Å². The minimum Gasteiger partial charge on any atom is -0.373 e. The number of aromatic nitrogens is 4. The van der Waals surface area contributed by atoms with Crippen molar-refractivity contribution in [1.29, 1.82) is 0 Å². The molecular formula is C22H19N5O. The van der Waals surface area contributed by atoms with Gasteiger partial charge in [-0.3, -0.25) is 0 Å². The van der Waals surface area contributed by atoms with Crippen LogP contribution in [-0.4, -0.2) is 25.5 Å². The van der Waals surface area contributed by atoms with Crippen molar-refractivity contribution in [2.45, 2.75) is 13.2 Å². The quantitative estimate of drug-likeness (QED) is 0.490. The highest BCUT2D eigenvalue weighted by atomic mass is 16.5. The van der Waals surface area contributed by atoms with Crippen LogP contribution in [0.4, 0.5) is 11.4 Å². The first-order valence-corrected chi connectivity index (χ1v) is 9.41. The Bertz CT molecular complexity index is 1290. The van der Waals surface area contributed by atoms with Gasteiger partial charge in [-0.1, -0.05) is 12.1 Å². The van der Waals surface area contributed by atoms with E-state index in [1.165, 1.54) is 11.1 Å². The van der Waals surface area contributed by atoms with Crippen molar-refractivity contribution in [3.8, 4) is 11.1 Å². The van der Waals surface area contributed by atoms with Crippen LogP contribution < -0.4 is 5.32 Å². The van der Waals surface area contributed by atoms with E-state index in [2.05, 4.69) is 73.0 Å². The van der Waals surface area contributed by atoms with Crippen LogP contribution in [-0.2, 0) is 17.9 Å². The maximum atomic E-state index is 5.55. The first-order valence-electron chi connectivity index (χ1n) is 9.41. The average Bonchev–Trinajstić information content (AvgIpc) is 3.45.